The molecule has 6 heteroatoms. The molecule has 0 bridgehead atoms. The van der Waals surface area contributed by atoms with Gasteiger partial charge in [0.1, 0.15) is 16.5 Å². The first-order valence-electron chi connectivity index (χ1n) is 10.7. The third-order valence-corrected chi connectivity index (χ3v) is 6.86. The molecule has 3 heterocycles. The van der Waals surface area contributed by atoms with Crippen molar-refractivity contribution >= 4 is 27.4 Å². The molecule has 1 saturated carbocycles. The Labute approximate surface area is 176 Å². The van der Waals surface area contributed by atoms with E-state index in [2.05, 4.69) is 64.8 Å². The van der Waals surface area contributed by atoms with Gasteiger partial charge in [-0.1, -0.05) is 30.3 Å². The third kappa shape index (κ3) is 4.15. The van der Waals surface area contributed by atoms with Crippen LogP contribution >= 0.6 is 11.3 Å². The van der Waals surface area contributed by atoms with E-state index < -0.39 is 0 Å². The number of fused-ring (bicyclic) bond motifs is 1. The summed E-state index contributed by atoms with van der Waals surface area (Å²) < 4.78 is 0. The number of aromatic nitrogens is 2. The average molecular weight is 408 g/mol. The van der Waals surface area contributed by atoms with E-state index in [-0.39, 0.29) is 0 Å². The molecule has 3 aromatic rings. The van der Waals surface area contributed by atoms with Gasteiger partial charge in [0.15, 0.2) is 0 Å². The third-order valence-electron chi connectivity index (χ3n) is 5.99. The average Bonchev–Trinajstić information content (AvgIpc) is 3.49. The van der Waals surface area contributed by atoms with Gasteiger partial charge in [-0.05, 0) is 32.4 Å². The molecule has 152 valence electrons. The Morgan fingerprint density at radius 2 is 1.86 bits per heavy atom. The van der Waals surface area contributed by atoms with Crippen molar-refractivity contribution in [2.24, 2.45) is 0 Å². The number of likely N-dealkylation sites (N-methyl/N-ethyl adjacent to an activating group) is 1. The largest absolute Gasteiger partial charge is 0.366 e. The Kier molecular flexibility index (Phi) is 5.24. The SMILES string of the molecule is CC(CN1CCN(C)CC1)Nc1nc(C2CC2)nc2scc(-c3ccccc3)c12. The van der Waals surface area contributed by atoms with Crippen molar-refractivity contribution in [1.82, 2.24) is 19.8 Å². The fraction of sp³-hybridized carbons (Fsp3) is 0.478. The van der Waals surface area contributed by atoms with E-state index >= 15 is 0 Å². The predicted molar refractivity (Wildman–Crippen MR) is 122 cm³/mol. The molecule has 5 nitrogen and oxygen atoms in total. The highest BCUT2D eigenvalue weighted by Gasteiger charge is 2.29. The molecule has 1 aromatic carbocycles. The number of hydrogen-bond acceptors (Lipinski definition) is 6. The lowest BCUT2D eigenvalue weighted by molar-refractivity contribution is 0.151. The van der Waals surface area contributed by atoms with Crippen LogP contribution in [0.15, 0.2) is 35.7 Å². The van der Waals surface area contributed by atoms with Crippen LogP contribution in [-0.4, -0.2) is 65.6 Å². The Morgan fingerprint density at radius 1 is 1.10 bits per heavy atom. The zero-order chi connectivity index (χ0) is 19.8. The number of hydrogen-bond donors (Lipinski definition) is 1. The normalized spacial score (nSPS) is 19.5. The van der Waals surface area contributed by atoms with Crippen LogP contribution in [0.5, 0.6) is 0 Å². The van der Waals surface area contributed by atoms with Crippen molar-refractivity contribution in [2.75, 3.05) is 45.1 Å². The summed E-state index contributed by atoms with van der Waals surface area (Å²) in [5, 5.41) is 7.18. The van der Waals surface area contributed by atoms with Gasteiger partial charge in [0.2, 0.25) is 0 Å². The van der Waals surface area contributed by atoms with Crippen molar-refractivity contribution in [3.8, 4) is 11.1 Å². The minimum atomic E-state index is 0.340. The molecule has 0 radical (unpaired) electrons. The second-order valence-corrected chi connectivity index (χ2v) is 9.41. The molecule has 1 atom stereocenters. The summed E-state index contributed by atoms with van der Waals surface area (Å²) in [4.78, 5) is 16.0. The van der Waals surface area contributed by atoms with Gasteiger partial charge in [-0.2, -0.15) is 0 Å². The first-order valence-corrected chi connectivity index (χ1v) is 11.6. The summed E-state index contributed by atoms with van der Waals surface area (Å²) >= 11 is 1.74. The lowest BCUT2D eigenvalue weighted by Crippen LogP contribution is -2.47. The van der Waals surface area contributed by atoms with Gasteiger partial charge in [-0.15, -0.1) is 11.3 Å². The van der Waals surface area contributed by atoms with Crippen LogP contribution in [0.2, 0.25) is 0 Å². The van der Waals surface area contributed by atoms with Crippen molar-refractivity contribution in [2.45, 2.75) is 31.7 Å². The number of rotatable bonds is 6. The van der Waals surface area contributed by atoms with Crippen molar-refractivity contribution in [3.63, 3.8) is 0 Å². The molecular weight excluding hydrogens is 378 g/mol. The molecule has 0 spiro atoms. The monoisotopic (exact) mass is 407 g/mol. The van der Waals surface area contributed by atoms with E-state index in [1.54, 1.807) is 11.3 Å². The Morgan fingerprint density at radius 3 is 2.59 bits per heavy atom. The Balaban J connectivity index is 1.45. The number of nitrogens with zero attached hydrogens (tertiary/aromatic N) is 4. The van der Waals surface area contributed by atoms with Gasteiger partial charge < -0.3 is 10.2 Å². The molecule has 1 saturated heterocycles. The van der Waals surface area contributed by atoms with Crippen LogP contribution in [0.4, 0.5) is 5.82 Å². The van der Waals surface area contributed by atoms with E-state index in [4.69, 9.17) is 9.97 Å². The molecule has 2 aliphatic rings. The lowest BCUT2D eigenvalue weighted by Gasteiger charge is -2.34. The van der Waals surface area contributed by atoms with Crippen LogP contribution in [0.3, 0.4) is 0 Å². The van der Waals surface area contributed by atoms with E-state index in [0.29, 0.717) is 12.0 Å². The zero-order valence-electron chi connectivity index (χ0n) is 17.3. The maximum Gasteiger partial charge on any atom is 0.139 e. The zero-order valence-corrected chi connectivity index (χ0v) is 18.1. The number of thiophene rings is 1. The summed E-state index contributed by atoms with van der Waals surface area (Å²) in [5.41, 5.74) is 2.47. The molecule has 29 heavy (non-hydrogen) atoms. The molecule has 5 rings (SSSR count). The van der Waals surface area contributed by atoms with Crippen LogP contribution in [-0.2, 0) is 0 Å². The molecule has 2 aromatic heterocycles. The first kappa shape index (κ1) is 19.0. The van der Waals surface area contributed by atoms with E-state index in [1.165, 1.54) is 29.4 Å². The topological polar surface area (TPSA) is 44.3 Å². The highest BCUT2D eigenvalue weighted by atomic mass is 32.1. The first-order chi connectivity index (χ1) is 14.2. The highest BCUT2D eigenvalue weighted by Crippen LogP contribution is 2.42. The number of benzene rings is 1. The van der Waals surface area contributed by atoms with Gasteiger partial charge in [-0.25, -0.2) is 9.97 Å². The highest BCUT2D eigenvalue weighted by molar-refractivity contribution is 7.17. The predicted octanol–water partition coefficient (Wildman–Crippen LogP) is 4.28. The fourth-order valence-corrected chi connectivity index (χ4v) is 5.07. The fourth-order valence-electron chi connectivity index (χ4n) is 4.11. The van der Waals surface area contributed by atoms with Gasteiger partial charge in [-0.3, -0.25) is 4.90 Å². The van der Waals surface area contributed by atoms with Crippen LogP contribution in [0, 0.1) is 0 Å². The summed E-state index contributed by atoms with van der Waals surface area (Å²) in [6, 6.07) is 11.0. The van der Waals surface area contributed by atoms with Crippen LogP contribution in [0.1, 0.15) is 31.5 Å². The lowest BCUT2D eigenvalue weighted by atomic mass is 10.1. The Hall–Kier alpha value is -2.02. The quantitative estimate of drug-likeness (QED) is 0.661. The van der Waals surface area contributed by atoms with Crippen molar-refractivity contribution in [1.29, 1.82) is 0 Å². The second-order valence-electron chi connectivity index (χ2n) is 8.55. The Bertz CT molecular complexity index is 974. The van der Waals surface area contributed by atoms with Gasteiger partial charge in [0.05, 0.1) is 5.39 Å². The summed E-state index contributed by atoms with van der Waals surface area (Å²) in [6.45, 7) is 7.91. The molecule has 0 amide bonds. The van der Waals surface area contributed by atoms with E-state index in [1.807, 2.05) is 0 Å². The van der Waals surface area contributed by atoms with E-state index in [0.717, 1.165) is 49.2 Å². The molecule has 1 aliphatic carbocycles. The van der Waals surface area contributed by atoms with Gasteiger partial charge in [0.25, 0.3) is 0 Å². The molecule has 1 aliphatic heterocycles. The standard InChI is InChI=1S/C23H29N5S/c1-16(14-28-12-10-27(2)11-13-28)24-22-20-19(17-6-4-3-5-7-17)15-29-23(20)26-21(25-22)18-8-9-18/h3-7,15-16,18H,8-14H2,1-2H3,(H,24,25,26). The molecular formula is C23H29N5S. The number of anilines is 1. The maximum atomic E-state index is 5.02. The smallest absolute Gasteiger partial charge is 0.139 e. The molecule has 1 N–H and O–H groups in total. The van der Waals surface area contributed by atoms with Crippen molar-refractivity contribution < 1.29 is 0 Å². The van der Waals surface area contributed by atoms with E-state index in [9.17, 15) is 0 Å². The van der Waals surface area contributed by atoms with Crippen LogP contribution in [0.25, 0.3) is 21.3 Å². The van der Waals surface area contributed by atoms with Crippen LogP contribution < -0.4 is 5.32 Å². The summed E-state index contributed by atoms with van der Waals surface area (Å²) in [6.07, 6.45) is 2.44. The summed E-state index contributed by atoms with van der Waals surface area (Å²) in [5.74, 6) is 2.59. The minimum Gasteiger partial charge on any atom is -0.366 e. The summed E-state index contributed by atoms with van der Waals surface area (Å²) in [7, 11) is 2.21. The van der Waals surface area contributed by atoms with Crippen molar-refractivity contribution in [3.05, 3.63) is 41.5 Å². The van der Waals surface area contributed by atoms with Gasteiger partial charge >= 0.3 is 0 Å². The number of nitrogens with one attached hydrogen (secondary N) is 1. The maximum absolute atomic E-state index is 5.02. The van der Waals surface area contributed by atoms with Gasteiger partial charge in [0, 0.05) is 55.6 Å². The second kappa shape index (κ2) is 8.01. The number of piperazine rings is 1. The molecule has 2 fully saturated rings. The minimum absolute atomic E-state index is 0.340. The molecule has 1 unspecified atom stereocenters.